The maximum absolute atomic E-state index is 12.3. The van der Waals surface area contributed by atoms with Crippen LogP contribution in [0.2, 0.25) is 0 Å². The van der Waals surface area contributed by atoms with Crippen molar-refractivity contribution in [3.05, 3.63) is 47.7 Å². The third kappa shape index (κ3) is 2.58. The number of ether oxygens (including phenoxy) is 2. The first-order chi connectivity index (χ1) is 12.2. The van der Waals surface area contributed by atoms with Crippen molar-refractivity contribution in [1.29, 1.82) is 0 Å². The molecule has 1 aromatic heterocycles. The van der Waals surface area contributed by atoms with Crippen LogP contribution in [0.1, 0.15) is 30.6 Å². The van der Waals surface area contributed by atoms with Crippen LogP contribution in [0.5, 0.6) is 0 Å². The van der Waals surface area contributed by atoms with Crippen LogP contribution >= 0.6 is 0 Å². The number of nitrogens with zero attached hydrogens (tertiary/aromatic N) is 2. The van der Waals surface area contributed by atoms with Crippen molar-refractivity contribution in [3.8, 4) is 0 Å². The molecule has 1 aromatic carbocycles. The molecule has 3 aliphatic rings. The smallest absolute Gasteiger partial charge is 0.224 e. The molecule has 1 amide bonds. The Morgan fingerprint density at radius 2 is 2.24 bits per heavy atom. The lowest BCUT2D eigenvalue weighted by molar-refractivity contribution is -0.116. The number of hydrogen-bond acceptors (Lipinski definition) is 5. The summed E-state index contributed by atoms with van der Waals surface area (Å²) >= 11 is 0. The molecule has 3 unspecified atom stereocenters. The lowest BCUT2D eigenvalue weighted by atomic mass is 10.1. The summed E-state index contributed by atoms with van der Waals surface area (Å²) < 4.78 is 11.8. The Balaban J connectivity index is 1.54. The second-order valence-electron chi connectivity index (χ2n) is 6.79. The van der Waals surface area contributed by atoms with E-state index in [0.717, 1.165) is 34.7 Å². The van der Waals surface area contributed by atoms with Gasteiger partial charge < -0.3 is 19.7 Å². The van der Waals surface area contributed by atoms with Crippen molar-refractivity contribution in [3.63, 3.8) is 0 Å². The van der Waals surface area contributed by atoms with Crippen LogP contribution in [-0.4, -0.2) is 29.7 Å². The first-order valence-corrected chi connectivity index (χ1v) is 8.59. The number of benzene rings is 1. The van der Waals surface area contributed by atoms with E-state index in [9.17, 15) is 4.79 Å². The van der Waals surface area contributed by atoms with Crippen LogP contribution in [0.15, 0.2) is 36.5 Å². The third-order valence-corrected chi connectivity index (χ3v) is 5.01. The average Bonchev–Trinajstić information content (AvgIpc) is 3.41. The van der Waals surface area contributed by atoms with E-state index in [1.165, 1.54) is 0 Å². The molecule has 2 aromatic rings. The molecule has 3 heterocycles. The van der Waals surface area contributed by atoms with Gasteiger partial charge in [0.2, 0.25) is 5.91 Å². The van der Waals surface area contributed by atoms with Crippen molar-refractivity contribution < 1.29 is 14.3 Å². The summed E-state index contributed by atoms with van der Waals surface area (Å²) in [4.78, 5) is 18.5. The second kappa shape index (κ2) is 5.54. The monoisotopic (exact) mass is 337 g/mol. The highest BCUT2D eigenvalue weighted by Gasteiger charge is 2.45. The average molecular weight is 337 g/mol. The van der Waals surface area contributed by atoms with Gasteiger partial charge >= 0.3 is 0 Å². The molecule has 3 atom stereocenters. The molecule has 0 spiro atoms. The molecule has 1 saturated carbocycles. The van der Waals surface area contributed by atoms with E-state index in [2.05, 4.69) is 10.3 Å². The summed E-state index contributed by atoms with van der Waals surface area (Å²) in [5.41, 5.74) is 3.76. The fraction of sp³-hybridized carbons (Fsp3) is 0.368. The van der Waals surface area contributed by atoms with Crippen LogP contribution in [0.4, 0.5) is 17.2 Å². The Morgan fingerprint density at radius 3 is 3.08 bits per heavy atom. The van der Waals surface area contributed by atoms with E-state index < -0.39 is 0 Å². The molecule has 0 radical (unpaired) electrons. The first kappa shape index (κ1) is 14.9. The molecule has 5 rings (SSSR count). The molecule has 128 valence electrons. The minimum Gasteiger partial charge on any atom is -0.372 e. The van der Waals surface area contributed by atoms with Gasteiger partial charge in [0.15, 0.2) is 0 Å². The summed E-state index contributed by atoms with van der Waals surface area (Å²) in [6.45, 7) is 2.65. The number of nitrogens with one attached hydrogen (secondary N) is 1. The molecule has 1 saturated heterocycles. The van der Waals surface area contributed by atoms with E-state index in [1.807, 2.05) is 30.3 Å². The number of pyridine rings is 1. The summed E-state index contributed by atoms with van der Waals surface area (Å²) in [6.07, 6.45) is 3.18. The number of carbonyl (C=O) groups is 1. The molecule has 0 bridgehead atoms. The van der Waals surface area contributed by atoms with Crippen molar-refractivity contribution in [1.82, 2.24) is 4.98 Å². The van der Waals surface area contributed by atoms with E-state index in [4.69, 9.17) is 9.47 Å². The Hall–Kier alpha value is -2.44. The van der Waals surface area contributed by atoms with Crippen molar-refractivity contribution in [2.24, 2.45) is 0 Å². The summed E-state index contributed by atoms with van der Waals surface area (Å²) in [7, 11) is 0. The number of amides is 1. The van der Waals surface area contributed by atoms with Crippen LogP contribution in [0, 0.1) is 0 Å². The van der Waals surface area contributed by atoms with Gasteiger partial charge in [-0.2, -0.15) is 0 Å². The van der Waals surface area contributed by atoms with Gasteiger partial charge in [0, 0.05) is 25.1 Å². The second-order valence-corrected chi connectivity index (χ2v) is 6.79. The molecule has 6 heteroatoms. The highest BCUT2D eigenvalue weighted by atomic mass is 16.6. The number of hydrogen-bond donors (Lipinski definition) is 1. The fourth-order valence-electron chi connectivity index (χ4n) is 3.53. The van der Waals surface area contributed by atoms with Crippen LogP contribution in [0.25, 0.3) is 0 Å². The molecular weight excluding hydrogens is 318 g/mol. The van der Waals surface area contributed by atoms with Gasteiger partial charge in [-0.15, -0.1) is 0 Å². The highest BCUT2D eigenvalue weighted by Crippen LogP contribution is 2.42. The van der Waals surface area contributed by atoms with Gasteiger partial charge in [-0.3, -0.25) is 4.79 Å². The number of aromatic nitrogens is 1. The van der Waals surface area contributed by atoms with Gasteiger partial charge in [0.05, 0.1) is 36.7 Å². The van der Waals surface area contributed by atoms with E-state index in [-0.39, 0.29) is 24.2 Å². The minimum absolute atomic E-state index is 0.0000254. The lowest BCUT2D eigenvalue weighted by Crippen LogP contribution is -2.28. The SMILES string of the molecule is CC(=O)N1Cc2cccnc2Nc2ccc(C3COC4CC4O3)cc21. The van der Waals surface area contributed by atoms with Gasteiger partial charge in [-0.05, 0) is 23.8 Å². The Bertz CT molecular complexity index is 854. The predicted molar refractivity (Wildman–Crippen MR) is 92.8 cm³/mol. The fourth-order valence-corrected chi connectivity index (χ4v) is 3.53. The van der Waals surface area contributed by atoms with Gasteiger partial charge in [-0.1, -0.05) is 12.1 Å². The minimum atomic E-state index is -0.0772. The molecule has 1 aliphatic carbocycles. The van der Waals surface area contributed by atoms with Crippen LogP contribution < -0.4 is 10.2 Å². The van der Waals surface area contributed by atoms with Gasteiger partial charge in [0.25, 0.3) is 0 Å². The molecular formula is C19H19N3O3. The summed E-state index contributed by atoms with van der Waals surface area (Å²) in [6, 6.07) is 9.94. The number of fused-ring (bicyclic) bond motifs is 3. The van der Waals surface area contributed by atoms with Crippen LogP contribution in [-0.2, 0) is 20.8 Å². The zero-order valence-electron chi connectivity index (χ0n) is 13.9. The maximum Gasteiger partial charge on any atom is 0.224 e. The number of anilines is 3. The first-order valence-electron chi connectivity index (χ1n) is 8.59. The standard InChI is InChI=1S/C19H19N3O3/c1-11(23)22-9-13-3-2-6-20-19(13)21-14-5-4-12(7-15(14)22)18-10-24-16-8-17(16)25-18/h2-7,16-18H,8-10H2,1H3,(H,20,21). The lowest BCUT2D eigenvalue weighted by Gasteiger charge is -2.26. The van der Waals surface area contributed by atoms with Crippen molar-refractivity contribution in [2.45, 2.75) is 38.2 Å². The Kier molecular flexibility index (Phi) is 3.29. The van der Waals surface area contributed by atoms with Gasteiger partial charge in [-0.25, -0.2) is 4.98 Å². The van der Waals surface area contributed by atoms with Gasteiger partial charge in [0.1, 0.15) is 11.9 Å². The largest absolute Gasteiger partial charge is 0.372 e. The normalized spacial score (nSPS) is 26.6. The zero-order chi connectivity index (χ0) is 17.0. The molecule has 2 fully saturated rings. The van der Waals surface area contributed by atoms with E-state index in [0.29, 0.717) is 13.2 Å². The van der Waals surface area contributed by atoms with Crippen molar-refractivity contribution >= 4 is 23.1 Å². The highest BCUT2D eigenvalue weighted by molar-refractivity contribution is 5.97. The quantitative estimate of drug-likeness (QED) is 0.867. The molecule has 1 N–H and O–H groups in total. The maximum atomic E-state index is 12.3. The van der Waals surface area contributed by atoms with Crippen LogP contribution in [0.3, 0.4) is 0 Å². The predicted octanol–water partition coefficient (Wildman–Crippen LogP) is 2.92. The summed E-state index contributed by atoms with van der Waals surface area (Å²) in [5, 5.41) is 3.36. The zero-order valence-corrected chi connectivity index (χ0v) is 13.9. The molecule has 25 heavy (non-hydrogen) atoms. The third-order valence-electron chi connectivity index (χ3n) is 5.01. The van der Waals surface area contributed by atoms with Crippen molar-refractivity contribution in [2.75, 3.05) is 16.8 Å². The Morgan fingerprint density at radius 1 is 1.32 bits per heavy atom. The topological polar surface area (TPSA) is 63.7 Å². The molecule has 6 nitrogen and oxygen atoms in total. The molecule has 2 aliphatic heterocycles. The number of carbonyl (C=O) groups excluding carboxylic acids is 1. The van der Waals surface area contributed by atoms with E-state index in [1.54, 1.807) is 18.0 Å². The summed E-state index contributed by atoms with van der Waals surface area (Å²) in [5.74, 6) is 0.790. The van der Waals surface area contributed by atoms with E-state index >= 15 is 0 Å². The Labute approximate surface area is 145 Å². The number of rotatable bonds is 1.